The van der Waals surface area contributed by atoms with Gasteiger partial charge in [0.25, 0.3) is 5.56 Å². The normalized spacial score (nSPS) is 12.3. The molecule has 4 nitrogen and oxygen atoms in total. The van der Waals surface area contributed by atoms with Crippen LogP contribution in [-0.4, -0.2) is 34.1 Å². The van der Waals surface area contributed by atoms with Gasteiger partial charge in [-0.25, -0.2) is 4.98 Å². The van der Waals surface area contributed by atoms with Gasteiger partial charge in [-0.05, 0) is 43.5 Å². The molecule has 0 aliphatic heterocycles. The molecule has 0 N–H and O–H groups in total. The molecule has 3 rings (SSSR count). The fourth-order valence-corrected chi connectivity index (χ4v) is 4.91. The van der Waals surface area contributed by atoms with Gasteiger partial charge in [-0.3, -0.25) is 9.36 Å². The van der Waals surface area contributed by atoms with Crippen LogP contribution in [0.1, 0.15) is 50.9 Å². The first-order valence-electron chi connectivity index (χ1n) is 10.5. The van der Waals surface area contributed by atoms with Gasteiger partial charge in [0.05, 0.1) is 5.39 Å². The fourth-order valence-electron chi connectivity index (χ4n) is 3.83. The van der Waals surface area contributed by atoms with Crippen LogP contribution in [0.25, 0.3) is 21.3 Å². The molecular formula is C24H33N3OS. The summed E-state index contributed by atoms with van der Waals surface area (Å²) in [5, 5.41) is 0.765. The topological polar surface area (TPSA) is 38.1 Å². The van der Waals surface area contributed by atoms with Crippen molar-refractivity contribution >= 4 is 21.6 Å². The number of fused-ring (bicyclic) bond motifs is 1. The Morgan fingerprint density at radius 3 is 2.24 bits per heavy atom. The number of thiophene rings is 1. The summed E-state index contributed by atoms with van der Waals surface area (Å²) in [7, 11) is 0. The van der Waals surface area contributed by atoms with Crippen molar-refractivity contribution in [1.82, 2.24) is 14.5 Å². The molecule has 0 amide bonds. The summed E-state index contributed by atoms with van der Waals surface area (Å²) < 4.78 is 1.85. The van der Waals surface area contributed by atoms with Gasteiger partial charge in [-0.2, -0.15) is 0 Å². The van der Waals surface area contributed by atoms with Crippen molar-refractivity contribution < 1.29 is 0 Å². The smallest absolute Gasteiger partial charge is 0.262 e. The van der Waals surface area contributed by atoms with Crippen LogP contribution >= 0.6 is 11.3 Å². The molecule has 0 fully saturated rings. The average molecular weight is 412 g/mol. The Bertz CT molecular complexity index is 1050. The lowest BCUT2D eigenvalue weighted by Gasteiger charge is -2.20. The third-order valence-electron chi connectivity index (χ3n) is 5.75. The summed E-state index contributed by atoms with van der Waals surface area (Å²) in [6.45, 7) is 18.5. The molecule has 3 aromatic rings. The number of nitrogens with zero attached hydrogens (tertiary/aromatic N) is 3. The Labute approximate surface area is 178 Å². The lowest BCUT2D eigenvalue weighted by molar-refractivity contribution is 0.288. The van der Waals surface area contributed by atoms with Crippen molar-refractivity contribution in [3.05, 3.63) is 50.9 Å². The van der Waals surface area contributed by atoms with E-state index in [0.717, 1.165) is 51.7 Å². The minimum atomic E-state index is 0.0823. The van der Waals surface area contributed by atoms with Crippen LogP contribution in [0.2, 0.25) is 0 Å². The monoisotopic (exact) mass is 411 g/mol. The quantitative estimate of drug-likeness (QED) is 0.546. The van der Waals surface area contributed by atoms with Gasteiger partial charge in [0, 0.05) is 23.5 Å². The maximum Gasteiger partial charge on any atom is 0.262 e. The molecule has 0 bridgehead atoms. The van der Waals surface area contributed by atoms with E-state index >= 15 is 0 Å². The van der Waals surface area contributed by atoms with Crippen LogP contribution in [0.3, 0.4) is 0 Å². The molecule has 1 aromatic carbocycles. The predicted molar refractivity (Wildman–Crippen MR) is 125 cm³/mol. The molecular weight excluding hydrogens is 378 g/mol. The third kappa shape index (κ3) is 4.31. The highest BCUT2D eigenvalue weighted by Gasteiger charge is 2.20. The van der Waals surface area contributed by atoms with Crippen molar-refractivity contribution in [2.45, 2.75) is 60.4 Å². The second kappa shape index (κ2) is 8.41. The molecule has 0 aliphatic carbocycles. The first-order valence-corrected chi connectivity index (χ1v) is 11.3. The highest BCUT2D eigenvalue weighted by Crippen LogP contribution is 2.36. The number of aromatic nitrogens is 2. The van der Waals surface area contributed by atoms with Gasteiger partial charge < -0.3 is 4.90 Å². The summed E-state index contributed by atoms with van der Waals surface area (Å²) in [4.78, 5) is 22.6. The molecule has 0 spiro atoms. The van der Waals surface area contributed by atoms with Crippen LogP contribution in [0.15, 0.2) is 29.1 Å². The Kier molecular flexibility index (Phi) is 6.30. The zero-order valence-electron chi connectivity index (χ0n) is 18.8. The molecule has 0 unspecified atom stereocenters. The van der Waals surface area contributed by atoms with Crippen LogP contribution in [0.4, 0.5) is 0 Å². The van der Waals surface area contributed by atoms with Gasteiger partial charge in [0.1, 0.15) is 10.7 Å². The molecule has 156 valence electrons. The van der Waals surface area contributed by atoms with Crippen molar-refractivity contribution in [2.24, 2.45) is 0 Å². The van der Waals surface area contributed by atoms with E-state index in [1.807, 2.05) is 11.5 Å². The molecule has 0 atom stereocenters. The van der Waals surface area contributed by atoms with Crippen LogP contribution in [0.5, 0.6) is 0 Å². The number of rotatable bonds is 6. The number of likely N-dealkylation sites (N-methyl/N-ethyl adjacent to an activating group) is 1. The maximum atomic E-state index is 13.5. The van der Waals surface area contributed by atoms with E-state index in [1.54, 1.807) is 11.3 Å². The largest absolute Gasteiger partial charge is 0.302 e. The molecule has 0 saturated heterocycles. The second-order valence-corrected chi connectivity index (χ2v) is 9.89. The predicted octanol–water partition coefficient (Wildman–Crippen LogP) is 5.38. The zero-order chi connectivity index (χ0) is 21.3. The number of hydrogen-bond donors (Lipinski definition) is 0. The zero-order valence-corrected chi connectivity index (χ0v) is 19.6. The molecule has 29 heavy (non-hydrogen) atoms. The van der Waals surface area contributed by atoms with E-state index in [9.17, 15) is 4.79 Å². The lowest BCUT2D eigenvalue weighted by Crippen LogP contribution is -2.32. The van der Waals surface area contributed by atoms with Crippen molar-refractivity contribution in [2.75, 3.05) is 19.6 Å². The lowest BCUT2D eigenvalue weighted by atomic mass is 9.86. The number of hydrogen-bond acceptors (Lipinski definition) is 4. The van der Waals surface area contributed by atoms with E-state index in [1.165, 1.54) is 5.56 Å². The summed E-state index contributed by atoms with van der Waals surface area (Å²) in [5.41, 5.74) is 3.63. The molecule has 0 saturated carbocycles. The maximum absolute atomic E-state index is 13.5. The molecule has 2 heterocycles. The summed E-state index contributed by atoms with van der Waals surface area (Å²) in [5.74, 6) is 0.797. The average Bonchev–Trinajstić information content (AvgIpc) is 3.00. The number of aryl methyl sites for hydroxylation is 2. The summed E-state index contributed by atoms with van der Waals surface area (Å²) >= 11 is 1.62. The summed E-state index contributed by atoms with van der Waals surface area (Å²) in [6.07, 6.45) is 0. The van der Waals surface area contributed by atoms with Gasteiger partial charge in [-0.15, -0.1) is 11.3 Å². The highest BCUT2D eigenvalue weighted by atomic mass is 32.1. The van der Waals surface area contributed by atoms with Gasteiger partial charge >= 0.3 is 0 Å². The molecule has 0 aliphatic rings. The Morgan fingerprint density at radius 1 is 1.07 bits per heavy atom. The van der Waals surface area contributed by atoms with E-state index in [4.69, 9.17) is 4.98 Å². The molecule has 0 radical (unpaired) electrons. The minimum Gasteiger partial charge on any atom is -0.302 e. The Hall–Kier alpha value is -1.98. The van der Waals surface area contributed by atoms with Crippen LogP contribution in [-0.2, 0) is 12.0 Å². The second-order valence-electron chi connectivity index (χ2n) is 8.68. The minimum absolute atomic E-state index is 0.0823. The van der Waals surface area contributed by atoms with E-state index in [0.29, 0.717) is 6.54 Å². The Morgan fingerprint density at radius 2 is 1.69 bits per heavy atom. The standard InChI is InChI=1S/C24H33N3OS/c1-8-26(9-2)14-15-27-17(4)25-22-21(23(27)28)20(16(3)29-22)18-10-12-19(13-11-18)24(5,6)7/h10-13H,8-9,14-15H2,1-7H3. The first kappa shape index (κ1) is 21.7. The SMILES string of the molecule is CCN(CC)CCn1c(C)nc2sc(C)c(-c3ccc(C(C)(C)C)cc3)c2c1=O. The van der Waals surface area contributed by atoms with Crippen LogP contribution < -0.4 is 5.56 Å². The third-order valence-corrected chi connectivity index (χ3v) is 6.75. The highest BCUT2D eigenvalue weighted by molar-refractivity contribution is 7.19. The first-order chi connectivity index (χ1) is 13.7. The van der Waals surface area contributed by atoms with Crippen molar-refractivity contribution in [3.8, 4) is 11.1 Å². The van der Waals surface area contributed by atoms with E-state index in [-0.39, 0.29) is 11.0 Å². The van der Waals surface area contributed by atoms with Crippen LogP contribution in [0, 0.1) is 13.8 Å². The molecule has 2 aromatic heterocycles. The van der Waals surface area contributed by atoms with Gasteiger partial charge in [-0.1, -0.05) is 58.9 Å². The van der Waals surface area contributed by atoms with E-state index < -0.39 is 0 Å². The van der Waals surface area contributed by atoms with Gasteiger partial charge in [0.15, 0.2) is 0 Å². The van der Waals surface area contributed by atoms with Gasteiger partial charge in [0.2, 0.25) is 0 Å². The summed E-state index contributed by atoms with van der Waals surface area (Å²) in [6, 6.07) is 8.65. The Balaban J connectivity index is 2.10. The molecule has 5 heteroatoms. The van der Waals surface area contributed by atoms with Crippen molar-refractivity contribution in [3.63, 3.8) is 0 Å². The number of benzene rings is 1. The van der Waals surface area contributed by atoms with Crippen molar-refractivity contribution in [1.29, 1.82) is 0 Å². The fraction of sp³-hybridized carbons (Fsp3) is 0.500. The van der Waals surface area contributed by atoms with E-state index in [2.05, 4.69) is 70.7 Å².